The minimum Gasteiger partial charge on any atom is -0.345 e. The topological polar surface area (TPSA) is 4.93 Å². The first-order valence-electron chi connectivity index (χ1n) is 6.26. The van der Waals surface area contributed by atoms with Crippen molar-refractivity contribution in [3.05, 3.63) is 35.5 Å². The van der Waals surface area contributed by atoms with Crippen molar-refractivity contribution in [3.8, 4) is 0 Å². The first-order valence-corrected chi connectivity index (χ1v) is 6.26. The smallest absolute Gasteiger partial charge is 0.345 e. The Balaban J connectivity index is 2.64. The maximum Gasteiger partial charge on any atom is 0.416 e. The van der Waals surface area contributed by atoms with Crippen LogP contribution in [-0.2, 0) is 12.6 Å². The maximum absolute atomic E-state index is 12.7. The summed E-state index contributed by atoms with van der Waals surface area (Å²) in [6.45, 7) is 3.41. The van der Waals surface area contributed by atoms with Gasteiger partial charge in [0.15, 0.2) is 0 Å². The van der Waals surface area contributed by atoms with Gasteiger partial charge in [-0.3, -0.25) is 0 Å². The maximum atomic E-state index is 12.7. The van der Waals surface area contributed by atoms with Crippen molar-refractivity contribution in [2.45, 2.75) is 38.7 Å². The molecular weight excluding hydrogens is 296 g/mol. The van der Waals surface area contributed by atoms with Crippen LogP contribution in [-0.4, -0.2) is 10.7 Å². The summed E-state index contributed by atoms with van der Waals surface area (Å²) in [5.41, 5.74) is -0.715. The highest BCUT2D eigenvalue weighted by molar-refractivity contribution is 5.85. The van der Waals surface area contributed by atoms with Crippen LogP contribution >= 0.6 is 0 Å². The molecule has 21 heavy (non-hydrogen) atoms. The van der Waals surface area contributed by atoms with Crippen LogP contribution in [0.15, 0.2) is 24.4 Å². The van der Waals surface area contributed by atoms with E-state index in [2.05, 4.69) is 0 Å². The van der Waals surface area contributed by atoms with Crippen LogP contribution in [0.25, 0.3) is 10.9 Å². The normalized spacial score (nSPS) is 13.4. The molecule has 0 aliphatic carbocycles. The molecule has 1 nitrogen and oxygen atoms in total. The van der Waals surface area contributed by atoms with E-state index in [9.17, 15) is 26.3 Å². The Hall–Kier alpha value is -1.66. The lowest BCUT2D eigenvalue weighted by molar-refractivity contribution is -0.137. The fraction of sp³-hybridized carbons (Fsp3) is 0.429. The Labute approximate surface area is 117 Å². The minimum absolute atomic E-state index is 0.0140. The lowest BCUT2D eigenvalue weighted by Crippen LogP contribution is -2.11. The summed E-state index contributed by atoms with van der Waals surface area (Å²) in [4.78, 5) is 0. The lowest BCUT2D eigenvalue weighted by atomic mass is 10.1. The van der Waals surface area contributed by atoms with Gasteiger partial charge in [-0.2, -0.15) is 26.3 Å². The first-order chi connectivity index (χ1) is 9.49. The number of benzene rings is 1. The van der Waals surface area contributed by atoms with Crippen molar-refractivity contribution in [2.24, 2.45) is 0 Å². The predicted molar refractivity (Wildman–Crippen MR) is 67.1 cm³/mol. The van der Waals surface area contributed by atoms with Crippen molar-refractivity contribution < 1.29 is 26.3 Å². The van der Waals surface area contributed by atoms with Crippen LogP contribution in [0.1, 0.15) is 31.0 Å². The van der Waals surface area contributed by atoms with Gasteiger partial charge in [-0.15, -0.1) is 0 Å². The van der Waals surface area contributed by atoms with Crippen molar-refractivity contribution in [1.82, 2.24) is 4.57 Å². The zero-order valence-electron chi connectivity index (χ0n) is 11.3. The second-order valence-corrected chi connectivity index (χ2v) is 5.18. The van der Waals surface area contributed by atoms with Gasteiger partial charge in [0.1, 0.15) is 0 Å². The summed E-state index contributed by atoms with van der Waals surface area (Å²) in [6, 6.07) is 2.58. The largest absolute Gasteiger partial charge is 0.416 e. The fourth-order valence-corrected chi connectivity index (χ4v) is 2.28. The van der Waals surface area contributed by atoms with Crippen molar-refractivity contribution in [1.29, 1.82) is 0 Å². The third-order valence-electron chi connectivity index (χ3n) is 3.19. The lowest BCUT2D eigenvalue weighted by Gasteiger charge is -2.11. The van der Waals surface area contributed by atoms with E-state index in [-0.39, 0.29) is 22.5 Å². The highest BCUT2D eigenvalue weighted by Gasteiger charge is 2.33. The monoisotopic (exact) mass is 309 g/mol. The Bertz CT molecular complexity index is 648. The summed E-state index contributed by atoms with van der Waals surface area (Å²) in [5, 5.41) is 0.203. The third kappa shape index (κ3) is 3.33. The second-order valence-electron chi connectivity index (χ2n) is 5.18. The number of aromatic nitrogens is 1. The van der Waals surface area contributed by atoms with Crippen molar-refractivity contribution >= 4 is 10.9 Å². The summed E-state index contributed by atoms with van der Waals surface area (Å²) >= 11 is 0. The SMILES string of the molecule is CC(C)n1cc(CC(F)(F)F)c2ccc(C(F)(F)F)cc21. The molecular formula is C14H13F6N. The molecule has 0 saturated carbocycles. The number of halogens is 6. The molecule has 0 bridgehead atoms. The van der Waals surface area contributed by atoms with Gasteiger partial charge in [0, 0.05) is 23.1 Å². The molecule has 0 spiro atoms. The standard InChI is InChI=1S/C14H13F6N/c1-8(2)21-7-9(6-13(15,16)17)11-4-3-10(5-12(11)21)14(18,19)20/h3-5,7-8H,6H2,1-2H3. The third-order valence-corrected chi connectivity index (χ3v) is 3.19. The van der Waals surface area contributed by atoms with Gasteiger partial charge in [-0.25, -0.2) is 0 Å². The highest BCUT2D eigenvalue weighted by atomic mass is 19.4. The van der Waals surface area contributed by atoms with Gasteiger partial charge < -0.3 is 4.57 Å². The van der Waals surface area contributed by atoms with E-state index in [0.717, 1.165) is 18.2 Å². The molecule has 0 aliphatic heterocycles. The van der Waals surface area contributed by atoms with Crippen molar-refractivity contribution in [3.63, 3.8) is 0 Å². The van der Waals surface area contributed by atoms with Gasteiger partial charge in [-0.05, 0) is 31.5 Å². The molecule has 2 rings (SSSR count). The summed E-state index contributed by atoms with van der Waals surface area (Å²) in [5.74, 6) is 0. The molecule has 0 atom stereocenters. The number of hydrogen-bond acceptors (Lipinski definition) is 0. The molecule has 7 heteroatoms. The van der Waals surface area contributed by atoms with Crippen LogP contribution in [0.4, 0.5) is 26.3 Å². The number of hydrogen-bond donors (Lipinski definition) is 0. The van der Waals surface area contributed by atoms with Crippen LogP contribution in [0, 0.1) is 0 Å². The van der Waals surface area contributed by atoms with Gasteiger partial charge in [-0.1, -0.05) is 6.07 Å². The highest BCUT2D eigenvalue weighted by Crippen LogP contribution is 2.35. The molecule has 0 amide bonds. The molecule has 0 N–H and O–H groups in total. The van der Waals surface area contributed by atoms with Crippen LogP contribution in [0.5, 0.6) is 0 Å². The molecule has 1 heterocycles. The Morgan fingerprint density at radius 2 is 1.67 bits per heavy atom. The zero-order valence-corrected chi connectivity index (χ0v) is 11.3. The molecule has 1 aromatic carbocycles. The number of fused-ring (bicyclic) bond motifs is 1. The van der Waals surface area contributed by atoms with E-state index in [4.69, 9.17) is 0 Å². The molecule has 0 saturated heterocycles. The van der Waals surface area contributed by atoms with Crippen LogP contribution in [0.3, 0.4) is 0 Å². The molecule has 0 unspecified atom stereocenters. The number of nitrogens with zero attached hydrogens (tertiary/aromatic N) is 1. The van der Waals surface area contributed by atoms with Crippen LogP contribution < -0.4 is 0 Å². The molecule has 116 valence electrons. The second kappa shape index (κ2) is 4.96. The van der Waals surface area contributed by atoms with Gasteiger partial charge in [0.2, 0.25) is 0 Å². The van der Waals surface area contributed by atoms with E-state index in [1.807, 2.05) is 0 Å². The minimum atomic E-state index is -4.52. The van der Waals surface area contributed by atoms with E-state index in [1.165, 1.54) is 10.8 Å². The zero-order chi connectivity index (χ0) is 16.0. The van der Waals surface area contributed by atoms with E-state index < -0.39 is 24.3 Å². The van der Waals surface area contributed by atoms with Crippen LogP contribution in [0.2, 0.25) is 0 Å². The molecule has 2 aromatic rings. The molecule has 0 fully saturated rings. The average Bonchev–Trinajstić information content (AvgIpc) is 2.64. The molecule has 0 aliphatic rings. The fourth-order valence-electron chi connectivity index (χ4n) is 2.28. The Kier molecular flexibility index (Phi) is 3.71. The summed E-state index contributed by atoms with van der Waals surface area (Å²) in [6.07, 6.45) is -8.80. The number of alkyl halides is 6. The molecule has 1 aromatic heterocycles. The number of rotatable bonds is 2. The van der Waals surface area contributed by atoms with Gasteiger partial charge >= 0.3 is 12.4 Å². The van der Waals surface area contributed by atoms with E-state index in [1.54, 1.807) is 13.8 Å². The average molecular weight is 309 g/mol. The Morgan fingerprint density at radius 3 is 2.14 bits per heavy atom. The van der Waals surface area contributed by atoms with E-state index >= 15 is 0 Å². The summed E-state index contributed by atoms with van der Waals surface area (Å²) in [7, 11) is 0. The predicted octanol–water partition coefficient (Wildman–Crippen LogP) is 5.35. The quantitative estimate of drug-likeness (QED) is 0.659. The summed E-state index contributed by atoms with van der Waals surface area (Å²) < 4.78 is 77.3. The van der Waals surface area contributed by atoms with Gasteiger partial charge in [0.25, 0.3) is 0 Å². The van der Waals surface area contributed by atoms with E-state index in [0.29, 0.717) is 0 Å². The molecule has 0 radical (unpaired) electrons. The van der Waals surface area contributed by atoms with Gasteiger partial charge in [0.05, 0.1) is 12.0 Å². The first kappa shape index (κ1) is 15.7. The Morgan fingerprint density at radius 1 is 1.05 bits per heavy atom. The van der Waals surface area contributed by atoms with Crippen molar-refractivity contribution in [2.75, 3.05) is 0 Å².